The highest BCUT2D eigenvalue weighted by Gasteiger charge is 2.29. The maximum Gasteiger partial charge on any atom is 0.277 e. The van der Waals surface area contributed by atoms with E-state index in [9.17, 15) is 14.4 Å². The number of nitrogen functional groups attached to an aromatic ring is 1. The summed E-state index contributed by atoms with van der Waals surface area (Å²) in [5.74, 6) is -0.489. The second-order valence-electron chi connectivity index (χ2n) is 9.70. The van der Waals surface area contributed by atoms with Crippen LogP contribution in [0.1, 0.15) is 34.9 Å². The number of fused-ring (bicyclic) bond motifs is 1. The molecule has 12 nitrogen and oxygen atoms in total. The number of anilines is 3. The van der Waals surface area contributed by atoms with Gasteiger partial charge in [0.2, 0.25) is 11.8 Å². The van der Waals surface area contributed by atoms with Crippen molar-refractivity contribution in [2.24, 2.45) is 0 Å². The molecule has 1 aliphatic rings. The maximum absolute atomic E-state index is 13.6. The Morgan fingerprint density at radius 2 is 1.97 bits per heavy atom. The van der Waals surface area contributed by atoms with E-state index in [1.165, 1.54) is 17.3 Å². The number of likely N-dealkylation sites (tertiary alicyclic amines) is 1. The van der Waals surface area contributed by atoms with Gasteiger partial charge in [-0.15, -0.1) is 0 Å². The molecule has 3 N–H and O–H groups in total. The Hall–Kier alpha value is -4.48. The van der Waals surface area contributed by atoms with Crippen LogP contribution in [-0.2, 0) is 16.0 Å². The van der Waals surface area contributed by atoms with Crippen molar-refractivity contribution in [1.82, 2.24) is 29.5 Å². The Bertz CT molecular complexity index is 1400. The van der Waals surface area contributed by atoms with Crippen LogP contribution >= 0.6 is 0 Å². The van der Waals surface area contributed by atoms with Crippen LogP contribution in [0, 0.1) is 0 Å². The number of amides is 3. The molecular formula is C26H33N9O3. The molecular weight excluding hydrogens is 486 g/mol. The van der Waals surface area contributed by atoms with Gasteiger partial charge in [-0.2, -0.15) is 5.10 Å². The quantitative estimate of drug-likeness (QED) is 0.449. The zero-order chi connectivity index (χ0) is 27.6. The summed E-state index contributed by atoms with van der Waals surface area (Å²) in [7, 11) is 7.14. The molecule has 0 aliphatic carbocycles. The van der Waals surface area contributed by atoms with Crippen molar-refractivity contribution < 1.29 is 14.4 Å². The highest BCUT2D eigenvalue weighted by molar-refractivity contribution is 6.14. The van der Waals surface area contributed by atoms with E-state index in [-0.39, 0.29) is 35.8 Å². The van der Waals surface area contributed by atoms with Crippen molar-refractivity contribution in [3.05, 3.63) is 48.4 Å². The zero-order valence-corrected chi connectivity index (χ0v) is 22.1. The Balaban J connectivity index is 1.68. The van der Waals surface area contributed by atoms with E-state index < -0.39 is 5.91 Å². The third kappa shape index (κ3) is 5.29. The molecule has 0 spiro atoms. The fourth-order valence-corrected chi connectivity index (χ4v) is 4.57. The Labute approximate surface area is 221 Å². The lowest BCUT2D eigenvalue weighted by molar-refractivity contribution is -0.128. The summed E-state index contributed by atoms with van der Waals surface area (Å²) in [5.41, 5.74) is 8.85. The van der Waals surface area contributed by atoms with Gasteiger partial charge in [-0.05, 0) is 36.6 Å². The Morgan fingerprint density at radius 1 is 1.21 bits per heavy atom. The number of hydrogen-bond acceptors (Lipinski definition) is 8. The molecule has 3 amide bonds. The first kappa shape index (κ1) is 26.6. The molecule has 1 fully saturated rings. The molecule has 2 aromatic heterocycles. The molecule has 1 aliphatic heterocycles. The molecule has 4 rings (SSSR count). The minimum absolute atomic E-state index is 0.0185. The van der Waals surface area contributed by atoms with Crippen molar-refractivity contribution >= 4 is 45.9 Å². The SMILES string of the molecule is C=CC(=O)N1CCCC(n2nc(C(=O)Nc3ccc(CC(=O)N(C)C)cc3N(C)C)c3c(N)ncnc32)C1. The summed E-state index contributed by atoms with van der Waals surface area (Å²) >= 11 is 0. The minimum atomic E-state index is -0.467. The molecule has 1 atom stereocenters. The number of carbonyl (C=O) groups is 3. The number of benzene rings is 1. The Kier molecular flexibility index (Phi) is 7.60. The van der Waals surface area contributed by atoms with Gasteiger partial charge in [0.15, 0.2) is 11.3 Å². The summed E-state index contributed by atoms with van der Waals surface area (Å²) in [6.45, 7) is 4.64. The van der Waals surface area contributed by atoms with Crippen LogP contribution in [0.3, 0.4) is 0 Å². The summed E-state index contributed by atoms with van der Waals surface area (Å²) in [6.07, 6.45) is 4.43. The molecule has 1 aromatic carbocycles. The predicted octanol–water partition coefficient (Wildman–Crippen LogP) is 1.71. The molecule has 1 saturated heterocycles. The van der Waals surface area contributed by atoms with Crippen LogP contribution in [0.4, 0.5) is 17.2 Å². The number of carbonyl (C=O) groups excluding carboxylic acids is 3. The van der Waals surface area contributed by atoms with E-state index in [1.807, 2.05) is 31.1 Å². The molecule has 12 heteroatoms. The highest BCUT2D eigenvalue weighted by Crippen LogP contribution is 2.31. The topological polar surface area (TPSA) is 143 Å². The standard InChI is InChI=1S/C26H33N9O3/c1-6-20(36)34-11-7-8-17(14-34)35-25-22(24(27)28-15-29-25)23(31-35)26(38)30-18-10-9-16(12-19(18)32(2)3)13-21(37)33(4)5/h6,9-10,12,15,17H,1,7-8,11,13-14H2,2-5H3,(H,30,38)(H2,27,28,29). The van der Waals surface area contributed by atoms with E-state index in [4.69, 9.17) is 5.73 Å². The summed E-state index contributed by atoms with van der Waals surface area (Å²) in [4.78, 5) is 51.6. The summed E-state index contributed by atoms with van der Waals surface area (Å²) in [6, 6.07) is 5.27. The van der Waals surface area contributed by atoms with Gasteiger partial charge in [-0.3, -0.25) is 14.4 Å². The van der Waals surface area contributed by atoms with Crippen LogP contribution in [0.15, 0.2) is 37.2 Å². The van der Waals surface area contributed by atoms with Gasteiger partial charge >= 0.3 is 0 Å². The van der Waals surface area contributed by atoms with Crippen molar-refractivity contribution in [3.63, 3.8) is 0 Å². The number of nitrogens with one attached hydrogen (secondary N) is 1. The molecule has 3 heterocycles. The minimum Gasteiger partial charge on any atom is -0.383 e. The normalized spacial score (nSPS) is 15.3. The van der Waals surface area contributed by atoms with Crippen molar-refractivity contribution in [2.75, 3.05) is 57.2 Å². The van der Waals surface area contributed by atoms with E-state index in [2.05, 4.69) is 27.0 Å². The van der Waals surface area contributed by atoms with Gasteiger partial charge in [-0.25, -0.2) is 14.6 Å². The van der Waals surface area contributed by atoms with Gasteiger partial charge in [0.05, 0.1) is 29.2 Å². The molecule has 38 heavy (non-hydrogen) atoms. The largest absolute Gasteiger partial charge is 0.383 e. The van der Waals surface area contributed by atoms with E-state index in [1.54, 1.807) is 29.7 Å². The molecule has 3 aromatic rings. The monoisotopic (exact) mass is 519 g/mol. The van der Waals surface area contributed by atoms with Gasteiger partial charge in [-0.1, -0.05) is 12.6 Å². The number of nitrogens with zero attached hydrogens (tertiary/aromatic N) is 7. The number of rotatable bonds is 7. The van der Waals surface area contributed by atoms with Gasteiger partial charge < -0.3 is 25.8 Å². The molecule has 1 unspecified atom stereocenters. The number of aromatic nitrogens is 4. The summed E-state index contributed by atoms with van der Waals surface area (Å²) in [5, 5.41) is 7.94. The number of nitrogens with two attached hydrogens (primary N) is 1. The van der Waals surface area contributed by atoms with Crippen LogP contribution in [0.2, 0.25) is 0 Å². The number of hydrogen-bond donors (Lipinski definition) is 2. The fourth-order valence-electron chi connectivity index (χ4n) is 4.57. The average Bonchev–Trinajstić information content (AvgIpc) is 3.30. The number of piperidine rings is 1. The van der Waals surface area contributed by atoms with Crippen LogP contribution in [-0.4, -0.2) is 88.6 Å². The second-order valence-corrected chi connectivity index (χ2v) is 9.70. The van der Waals surface area contributed by atoms with E-state index in [0.717, 1.165) is 24.1 Å². The van der Waals surface area contributed by atoms with Gasteiger partial charge in [0.1, 0.15) is 12.1 Å². The van der Waals surface area contributed by atoms with Crippen LogP contribution in [0.25, 0.3) is 11.0 Å². The zero-order valence-electron chi connectivity index (χ0n) is 22.1. The lowest BCUT2D eigenvalue weighted by Crippen LogP contribution is -2.40. The molecule has 200 valence electrons. The van der Waals surface area contributed by atoms with Crippen molar-refractivity contribution in [1.29, 1.82) is 0 Å². The van der Waals surface area contributed by atoms with E-state index in [0.29, 0.717) is 29.8 Å². The third-order valence-electron chi connectivity index (χ3n) is 6.61. The fraction of sp³-hybridized carbons (Fsp3) is 0.385. The predicted molar refractivity (Wildman–Crippen MR) is 146 cm³/mol. The first-order chi connectivity index (χ1) is 18.1. The van der Waals surface area contributed by atoms with Crippen molar-refractivity contribution in [3.8, 4) is 0 Å². The average molecular weight is 520 g/mol. The lowest BCUT2D eigenvalue weighted by atomic mass is 10.1. The molecule has 0 radical (unpaired) electrons. The van der Waals surface area contributed by atoms with Crippen LogP contribution in [0.5, 0.6) is 0 Å². The second kappa shape index (κ2) is 10.9. The van der Waals surface area contributed by atoms with Crippen LogP contribution < -0.4 is 16.0 Å². The lowest BCUT2D eigenvalue weighted by Gasteiger charge is -2.32. The highest BCUT2D eigenvalue weighted by atomic mass is 16.2. The first-order valence-corrected chi connectivity index (χ1v) is 12.3. The van der Waals surface area contributed by atoms with E-state index >= 15 is 0 Å². The van der Waals surface area contributed by atoms with Gasteiger partial charge in [0.25, 0.3) is 5.91 Å². The summed E-state index contributed by atoms with van der Waals surface area (Å²) < 4.78 is 1.67. The molecule has 0 saturated carbocycles. The molecule has 0 bridgehead atoms. The maximum atomic E-state index is 13.6. The first-order valence-electron chi connectivity index (χ1n) is 12.3. The smallest absolute Gasteiger partial charge is 0.277 e. The van der Waals surface area contributed by atoms with Gasteiger partial charge in [0, 0.05) is 41.3 Å². The Morgan fingerprint density at radius 3 is 2.66 bits per heavy atom. The van der Waals surface area contributed by atoms with Crippen molar-refractivity contribution in [2.45, 2.75) is 25.3 Å². The third-order valence-corrected chi connectivity index (χ3v) is 6.61. The number of likely N-dealkylation sites (N-methyl/N-ethyl adjacent to an activating group) is 1.